The number of nitrogens with zero attached hydrogens (tertiary/aromatic N) is 2. The molecule has 3 aromatic rings. The molecule has 3 amide bonds. The van der Waals surface area contributed by atoms with Gasteiger partial charge >= 0.3 is 6.03 Å². The number of benzene rings is 2. The molecular formula is C22H19BrClN3O2. The number of carbonyl (C=O) groups excluding carboxylic acids is 2. The van der Waals surface area contributed by atoms with Crippen molar-refractivity contribution < 1.29 is 9.59 Å². The molecular weight excluding hydrogens is 454 g/mol. The van der Waals surface area contributed by atoms with Crippen molar-refractivity contribution >= 4 is 50.4 Å². The van der Waals surface area contributed by atoms with Crippen molar-refractivity contribution in [2.24, 2.45) is 0 Å². The number of aromatic nitrogens is 1. The number of carbonyl (C=O) groups is 2. The Bertz CT molecular complexity index is 1150. The molecule has 1 fully saturated rings. The highest BCUT2D eigenvalue weighted by Crippen LogP contribution is 2.48. The summed E-state index contributed by atoms with van der Waals surface area (Å²) in [5, 5.41) is 2.21. The highest BCUT2D eigenvalue weighted by molar-refractivity contribution is 9.09. The largest absolute Gasteiger partial charge is 0.356 e. The van der Waals surface area contributed by atoms with Gasteiger partial charge in [0.05, 0.1) is 0 Å². The summed E-state index contributed by atoms with van der Waals surface area (Å²) in [5.74, 6) is -0.148. The fourth-order valence-corrected chi connectivity index (χ4v) is 5.28. The minimum atomic E-state index is -0.940. The molecule has 0 spiro atoms. The van der Waals surface area contributed by atoms with Crippen molar-refractivity contribution in [3.63, 3.8) is 0 Å². The van der Waals surface area contributed by atoms with E-state index in [1.165, 1.54) is 4.90 Å². The molecule has 0 bridgehead atoms. The molecule has 0 radical (unpaired) electrons. The Morgan fingerprint density at radius 1 is 1.21 bits per heavy atom. The Morgan fingerprint density at radius 2 is 1.97 bits per heavy atom. The second-order valence-corrected chi connectivity index (χ2v) is 9.00. The summed E-state index contributed by atoms with van der Waals surface area (Å²) in [5.41, 5.74) is 3.00. The smallest absolute Gasteiger partial charge is 0.328 e. The van der Waals surface area contributed by atoms with Crippen molar-refractivity contribution in [1.29, 1.82) is 0 Å². The molecule has 5 nitrogen and oxygen atoms in total. The number of hydrogen-bond acceptors (Lipinski definition) is 2. The molecule has 2 aromatic carbocycles. The number of rotatable bonds is 3. The van der Waals surface area contributed by atoms with E-state index in [0.29, 0.717) is 23.3 Å². The number of hydrogen-bond donors (Lipinski definition) is 1. The van der Waals surface area contributed by atoms with Gasteiger partial charge in [-0.3, -0.25) is 14.6 Å². The van der Waals surface area contributed by atoms with Crippen LogP contribution < -0.4 is 0 Å². The van der Waals surface area contributed by atoms with Gasteiger partial charge in [0.2, 0.25) is 0 Å². The highest BCUT2D eigenvalue weighted by Gasteiger charge is 2.59. The second-order valence-electron chi connectivity index (χ2n) is 7.77. The summed E-state index contributed by atoms with van der Waals surface area (Å²) >= 11 is 9.64. The van der Waals surface area contributed by atoms with Gasteiger partial charge < -0.3 is 4.98 Å². The summed E-state index contributed by atoms with van der Waals surface area (Å²) in [6.45, 7) is 2.23. The van der Waals surface area contributed by atoms with Gasteiger partial charge in [0.15, 0.2) is 0 Å². The monoisotopic (exact) mass is 471 g/mol. The average Bonchev–Trinajstić information content (AvgIpc) is 3.15. The predicted molar refractivity (Wildman–Crippen MR) is 116 cm³/mol. The van der Waals surface area contributed by atoms with E-state index in [4.69, 9.17) is 11.6 Å². The van der Waals surface area contributed by atoms with Crippen LogP contribution in [0.2, 0.25) is 5.02 Å². The Labute approximate surface area is 181 Å². The molecule has 0 aliphatic carbocycles. The lowest BCUT2D eigenvalue weighted by Crippen LogP contribution is -2.53. The van der Waals surface area contributed by atoms with Crippen molar-refractivity contribution in [3.05, 3.63) is 70.4 Å². The van der Waals surface area contributed by atoms with Crippen LogP contribution in [0.3, 0.4) is 0 Å². The Kier molecular flexibility index (Phi) is 4.26. The lowest BCUT2D eigenvalue weighted by molar-refractivity contribution is -0.133. The third-order valence-electron chi connectivity index (χ3n) is 6.05. The fraction of sp³-hybridized carbons (Fsp3) is 0.273. The molecule has 0 saturated carbocycles. The zero-order chi connectivity index (χ0) is 20.3. The second kappa shape index (κ2) is 6.61. The lowest BCUT2D eigenvalue weighted by Gasteiger charge is -2.42. The van der Waals surface area contributed by atoms with E-state index >= 15 is 0 Å². The van der Waals surface area contributed by atoms with Gasteiger partial charge in [-0.2, -0.15) is 0 Å². The summed E-state index contributed by atoms with van der Waals surface area (Å²) in [6.07, 6.45) is 0.454. The van der Waals surface area contributed by atoms with E-state index in [9.17, 15) is 9.59 Å². The molecule has 1 aromatic heterocycles. The number of halogens is 2. The summed E-state index contributed by atoms with van der Waals surface area (Å²) in [4.78, 5) is 33.4. The summed E-state index contributed by atoms with van der Waals surface area (Å²) in [7, 11) is 0. The first kappa shape index (κ1) is 18.7. The van der Waals surface area contributed by atoms with Gasteiger partial charge in [-0.1, -0.05) is 57.9 Å². The number of nitrogens with one attached hydrogen (secondary N) is 1. The molecule has 7 heteroatoms. The van der Waals surface area contributed by atoms with Gasteiger partial charge in [0, 0.05) is 39.9 Å². The molecule has 29 heavy (non-hydrogen) atoms. The van der Waals surface area contributed by atoms with Crippen LogP contribution in [0.5, 0.6) is 0 Å². The number of amides is 3. The quantitative estimate of drug-likeness (QED) is 0.436. The zero-order valence-electron chi connectivity index (χ0n) is 15.8. The molecule has 2 atom stereocenters. The number of urea groups is 1. The first-order chi connectivity index (χ1) is 14.0. The van der Waals surface area contributed by atoms with E-state index in [1.807, 2.05) is 55.5 Å². The summed E-state index contributed by atoms with van der Waals surface area (Å²) in [6, 6.07) is 15.0. The van der Waals surface area contributed by atoms with Crippen molar-refractivity contribution in [1.82, 2.24) is 14.8 Å². The molecule has 3 heterocycles. The SMILES string of the molecule is CC12Cc3c([nH]c4ccc(Cl)cc34)C(c3ccccc3)N1C(=O)N(CCBr)C2=O. The van der Waals surface area contributed by atoms with Gasteiger partial charge in [-0.25, -0.2) is 4.79 Å². The van der Waals surface area contributed by atoms with Crippen molar-refractivity contribution in [3.8, 4) is 0 Å². The van der Waals surface area contributed by atoms with Crippen LogP contribution in [-0.4, -0.2) is 44.1 Å². The van der Waals surface area contributed by atoms with Crippen LogP contribution in [0.25, 0.3) is 10.9 Å². The number of aromatic amines is 1. The maximum absolute atomic E-state index is 13.4. The third-order valence-corrected chi connectivity index (χ3v) is 6.64. The lowest BCUT2D eigenvalue weighted by atomic mass is 9.81. The maximum atomic E-state index is 13.4. The minimum absolute atomic E-state index is 0.148. The van der Waals surface area contributed by atoms with Crippen molar-refractivity contribution in [2.75, 3.05) is 11.9 Å². The number of alkyl halides is 1. The number of imide groups is 1. The van der Waals surface area contributed by atoms with Gasteiger partial charge in [0.25, 0.3) is 5.91 Å². The van der Waals surface area contributed by atoms with Gasteiger partial charge in [-0.15, -0.1) is 0 Å². The first-order valence-corrected chi connectivity index (χ1v) is 11.0. The van der Waals surface area contributed by atoms with E-state index < -0.39 is 5.54 Å². The maximum Gasteiger partial charge on any atom is 0.328 e. The molecule has 1 N–H and O–H groups in total. The first-order valence-electron chi connectivity index (χ1n) is 9.52. The molecule has 148 valence electrons. The van der Waals surface area contributed by atoms with Crippen LogP contribution in [-0.2, 0) is 11.2 Å². The van der Waals surface area contributed by atoms with Crippen LogP contribution >= 0.6 is 27.5 Å². The number of H-pyrrole nitrogens is 1. The molecule has 2 aliphatic heterocycles. The van der Waals surface area contributed by atoms with Crippen molar-refractivity contribution in [2.45, 2.75) is 24.9 Å². The molecule has 5 rings (SSSR count). The van der Waals surface area contributed by atoms with Crippen LogP contribution in [0.4, 0.5) is 4.79 Å². The Morgan fingerprint density at radius 3 is 2.69 bits per heavy atom. The Hall–Kier alpha value is -2.31. The van der Waals surface area contributed by atoms with Crippen LogP contribution in [0.1, 0.15) is 29.8 Å². The molecule has 2 aliphatic rings. The fourth-order valence-electron chi connectivity index (χ4n) is 4.75. The van der Waals surface area contributed by atoms with E-state index in [2.05, 4.69) is 20.9 Å². The zero-order valence-corrected chi connectivity index (χ0v) is 18.1. The third kappa shape index (κ3) is 2.58. The van der Waals surface area contributed by atoms with E-state index in [1.54, 1.807) is 4.90 Å². The predicted octanol–water partition coefficient (Wildman–Crippen LogP) is 4.88. The van der Waals surface area contributed by atoms with Gasteiger partial charge in [0.1, 0.15) is 11.6 Å². The topological polar surface area (TPSA) is 56.4 Å². The van der Waals surface area contributed by atoms with E-state index in [-0.39, 0.29) is 18.0 Å². The van der Waals surface area contributed by atoms with Gasteiger partial charge in [-0.05, 0) is 36.2 Å². The summed E-state index contributed by atoms with van der Waals surface area (Å²) < 4.78 is 0. The minimum Gasteiger partial charge on any atom is -0.356 e. The standard InChI is InChI=1S/C22H19BrClN3O2/c1-22-12-16-15-11-14(24)7-8-17(15)25-18(16)19(13-5-3-2-4-6-13)27(22)21(29)26(10-9-23)20(22)28/h2-8,11,19,25H,9-10,12H2,1H3. The highest BCUT2D eigenvalue weighted by atomic mass is 79.9. The van der Waals surface area contributed by atoms with E-state index in [0.717, 1.165) is 27.7 Å². The van der Waals surface area contributed by atoms with Crippen LogP contribution in [0.15, 0.2) is 48.5 Å². The molecule has 2 unspecified atom stereocenters. The molecule has 1 saturated heterocycles. The average molecular weight is 473 g/mol. The number of fused-ring (bicyclic) bond motifs is 4. The Balaban J connectivity index is 1.78. The van der Waals surface area contributed by atoms with Crippen LogP contribution in [0, 0.1) is 0 Å². The normalized spacial score (nSPS) is 23.6.